The van der Waals surface area contributed by atoms with Crippen LogP contribution in [-0.2, 0) is 0 Å². The average molecular weight is 238 g/mol. The van der Waals surface area contributed by atoms with E-state index in [1.54, 1.807) is 0 Å². The molecule has 0 atom stereocenters. The summed E-state index contributed by atoms with van der Waals surface area (Å²) >= 11 is 0. The molecule has 0 aromatic heterocycles. The van der Waals surface area contributed by atoms with E-state index in [4.69, 9.17) is 5.21 Å². The number of hydrogen-bond acceptors (Lipinski definition) is 3. The molecular weight excluding hydrogens is 222 g/mol. The summed E-state index contributed by atoms with van der Waals surface area (Å²) in [6.45, 7) is 1.02. The minimum absolute atomic E-state index is 0. The normalized spacial score (nSPS) is 20.6. The third-order valence-corrected chi connectivity index (χ3v) is 2.10. The quantitative estimate of drug-likeness (QED) is 0.327. The minimum atomic E-state index is -0.744. The van der Waals surface area contributed by atoms with E-state index in [1.807, 2.05) is 0 Å². The van der Waals surface area contributed by atoms with Crippen LogP contribution in [0.4, 0.5) is 9.59 Å². The number of hydroxylamine groups is 2. The second kappa shape index (κ2) is 7.44. The first-order valence-electron chi connectivity index (χ1n) is 4.84. The van der Waals surface area contributed by atoms with Gasteiger partial charge in [0.1, 0.15) is 0 Å². The first kappa shape index (κ1) is 14.2. The summed E-state index contributed by atoms with van der Waals surface area (Å²) in [4.78, 5) is 22.2. The van der Waals surface area contributed by atoms with Crippen LogP contribution < -0.4 is 28.1 Å². The molecule has 4 amide bonds. The Kier molecular flexibility index (Phi) is 7.02. The molecule has 88 valence electrons. The third kappa shape index (κ3) is 4.96. The second-order valence-corrected chi connectivity index (χ2v) is 3.27. The third-order valence-electron chi connectivity index (χ3n) is 2.10. The van der Waals surface area contributed by atoms with Crippen molar-refractivity contribution in [3.63, 3.8) is 0 Å². The minimum Gasteiger partial charge on any atom is -1.00 e. The van der Waals surface area contributed by atoms with E-state index in [1.165, 1.54) is 0 Å². The number of imide groups is 1. The van der Waals surface area contributed by atoms with Crippen molar-refractivity contribution in [2.75, 3.05) is 13.1 Å². The molecular formula is C8H16ClN3O3. The van der Waals surface area contributed by atoms with Gasteiger partial charge in [-0.2, -0.15) is 5.21 Å². The van der Waals surface area contributed by atoms with E-state index < -0.39 is 17.1 Å². The second-order valence-electron chi connectivity index (χ2n) is 3.27. The lowest BCUT2D eigenvalue weighted by molar-refractivity contribution is -0.947. The lowest BCUT2D eigenvalue weighted by Crippen LogP contribution is -3.17. The highest BCUT2D eigenvalue weighted by Gasteiger charge is 2.26. The lowest BCUT2D eigenvalue weighted by atomic mass is 10.2. The molecule has 0 spiro atoms. The number of amides is 4. The van der Waals surface area contributed by atoms with Crippen LogP contribution in [0.1, 0.15) is 25.7 Å². The summed E-state index contributed by atoms with van der Waals surface area (Å²) < 4.78 is 0. The summed E-state index contributed by atoms with van der Waals surface area (Å²) in [6, 6.07) is -1.38. The lowest BCUT2D eigenvalue weighted by Gasteiger charge is -2.06. The molecule has 0 radical (unpaired) electrons. The molecule has 0 aliphatic carbocycles. The number of quaternary nitrogens is 1. The first-order valence-corrected chi connectivity index (χ1v) is 4.84. The maximum atomic E-state index is 11.1. The molecule has 1 heterocycles. The van der Waals surface area contributed by atoms with Crippen molar-refractivity contribution in [3.8, 4) is 0 Å². The number of carbonyl (C=O) groups excluding carboxylic acids is 2. The molecule has 1 saturated heterocycles. The van der Waals surface area contributed by atoms with Gasteiger partial charge in [0, 0.05) is 13.1 Å². The van der Waals surface area contributed by atoms with Gasteiger partial charge >= 0.3 is 12.1 Å². The van der Waals surface area contributed by atoms with Gasteiger partial charge in [-0.25, -0.2) is 9.59 Å². The van der Waals surface area contributed by atoms with Crippen LogP contribution in [0.3, 0.4) is 0 Å². The molecule has 1 aliphatic heterocycles. The number of carbonyl (C=O) groups is 2. The predicted octanol–water partition coefficient (Wildman–Crippen LogP) is -3.74. The number of urea groups is 2. The Bertz CT molecular complexity index is 203. The fraction of sp³-hybridized carbons (Fsp3) is 0.750. The van der Waals surface area contributed by atoms with Crippen molar-refractivity contribution in [2.45, 2.75) is 25.7 Å². The summed E-state index contributed by atoms with van der Waals surface area (Å²) in [5.41, 5.74) is 0. The van der Waals surface area contributed by atoms with Crippen LogP contribution in [0, 0.1) is 0 Å². The van der Waals surface area contributed by atoms with Gasteiger partial charge in [0.15, 0.2) is 0 Å². The zero-order valence-electron chi connectivity index (χ0n) is 8.38. The maximum Gasteiger partial charge on any atom is 0.456 e. The van der Waals surface area contributed by atoms with Crippen LogP contribution in [-0.4, -0.2) is 30.4 Å². The first-order chi connectivity index (χ1) is 6.72. The molecule has 1 aliphatic rings. The van der Waals surface area contributed by atoms with Crippen molar-refractivity contribution in [1.82, 2.24) is 10.6 Å². The zero-order chi connectivity index (χ0) is 10.4. The summed E-state index contributed by atoms with van der Waals surface area (Å²) in [7, 11) is 0. The fourth-order valence-electron chi connectivity index (χ4n) is 1.28. The number of hydrogen-bond donors (Lipinski definition) is 4. The predicted molar refractivity (Wildman–Crippen MR) is 48.0 cm³/mol. The molecule has 7 heteroatoms. The van der Waals surface area contributed by atoms with Crippen molar-refractivity contribution >= 4 is 12.1 Å². The van der Waals surface area contributed by atoms with Gasteiger partial charge in [0.05, 0.1) is 0 Å². The Morgan fingerprint density at radius 1 is 0.933 bits per heavy atom. The molecule has 15 heavy (non-hydrogen) atoms. The summed E-state index contributed by atoms with van der Waals surface area (Å²) in [5.74, 6) is 0. The van der Waals surface area contributed by atoms with E-state index in [0.29, 0.717) is 13.1 Å². The molecule has 0 unspecified atom stereocenters. The van der Waals surface area contributed by atoms with Crippen molar-refractivity contribution in [1.29, 1.82) is 0 Å². The Hall–Kier alpha value is -0.850. The summed E-state index contributed by atoms with van der Waals surface area (Å²) in [5, 5.41) is 13.4. The van der Waals surface area contributed by atoms with Gasteiger partial charge in [-0.15, -0.1) is 0 Å². The SMILES string of the molecule is O=C1NCCCCCCNC(=O)[NH+]1O.[Cl-]. The van der Waals surface area contributed by atoms with Gasteiger partial charge in [0.25, 0.3) is 0 Å². The van der Waals surface area contributed by atoms with Crippen LogP contribution in [0.2, 0.25) is 0 Å². The molecule has 1 fully saturated rings. The monoisotopic (exact) mass is 237 g/mol. The Morgan fingerprint density at radius 2 is 1.33 bits per heavy atom. The molecule has 4 N–H and O–H groups in total. The maximum absolute atomic E-state index is 11.1. The van der Waals surface area contributed by atoms with Gasteiger partial charge in [-0.3, -0.25) is 0 Å². The average Bonchev–Trinajstić information content (AvgIpc) is 2.21. The number of halogens is 1. The fourth-order valence-corrected chi connectivity index (χ4v) is 1.28. The van der Waals surface area contributed by atoms with Crippen molar-refractivity contribution in [3.05, 3.63) is 0 Å². The van der Waals surface area contributed by atoms with Crippen molar-refractivity contribution in [2.24, 2.45) is 0 Å². The summed E-state index contributed by atoms with van der Waals surface area (Å²) in [6.07, 6.45) is 3.81. The van der Waals surface area contributed by atoms with E-state index in [9.17, 15) is 9.59 Å². The van der Waals surface area contributed by atoms with E-state index in [0.717, 1.165) is 25.7 Å². The number of rotatable bonds is 0. The Morgan fingerprint density at radius 3 is 1.73 bits per heavy atom. The van der Waals surface area contributed by atoms with E-state index >= 15 is 0 Å². The Balaban J connectivity index is 0.00000196. The number of nitrogens with one attached hydrogen (secondary N) is 3. The van der Waals surface area contributed by atoms with E-state index in [-0.39, 0.29) is 12.4 Å². The van der Waals surface area contributed by atoms with Crippen LogP contribution in [0.25, 0.3) is 0 Å². The zero-order valence-corrected chi connectivity index (χ0v) is 9.14. The molecule has 0 aromatic rings. The molecule has 1 rings (SSSR count). The van der Waals surface area contributed by atoms with Gasteiger partial charge in [-0.1, -0.05) is 12.8 Å². The molecule has 0 aromatic carbocycles. The highest BCUT2D eigenvalue weighted by molar-refractivity contribution is 5.77. The van der Waals surface area contributed by atoms with Crippen molar-refractivity contribution < 1.29 is 32.3 Å². The smallest absolute Gasteiger partial charge is 0.456 e. The van der Waals surface area contributed by atoms with Gasteiger partial charge in [-0.05, 0) is 17.9 Å². The standard InChI is InChI=1S/C8H15N3O3.ClH/c12-7-9-5-3-1-2-4-6-10-8(13)11(7)14;/h14H,1-6H2,(H,9,12)(H,10,13);1H. The van der Waals surface area contributed by atoms with E-state index in [2.05, 4.69) is 10.6 Å². The molecule has 6 nitrogen and oxygen atoms in total. The van der Waals surface area contributed by atoms with Crippen LogP contribution in [0.15, 0.2) is 0 Å². The highest BCUT2D eigenvalue weighted by Crippen LogP contribution is 1.97. The van der Waals surface area contributed by atoms with Gasteiger partial charge < -0.3 is 23.0 Å². The van der Waals surface area contributed by atoms with Crippen LogP contribution >= 0.6 is 0 Å². The molecule has 0 saturated carbocycles. The Labute approximate surface area is 94.4 Å². The topological polar surface area (TPSA) is 82.9 Å². The highest BCUT2D eigenvalue weighted by atomic mass is 35.5. The molecule has 0 bridgehead atoms. The van der Waals surface area contributed by atoms with Crippen LogP contribution in [0.5, 0.6) is 0 Å². The van der Waals surface area contributed by atoms with Gasteiger partial charge in [0.2, 0.25) is 0 Å². The largest absolute Gasteiger partial charge is 1.00 e.